The Labute approximate surface area is 129 Å². The Bertz CT molecular complexity index is 616. The van der Waals surface area contributed by atoms with Gasteiger partial charge in [0.05, 0.1) is 0 Å². The van der Waals surface area contributed by atoms with Crippen molar-refractivity contribution in [3.63, 3.8) is 0 Å². The zero-order chi connectivity index (χ0) is 16.4. The van der Waals surface area contributed by atoms with E-state index in [1.807, 2.05) is 13.8 Å². The molecule has 6 heteroatoms. The van der Waals surface area contributed by atoms with Gasteiger partial charge in [0.2, 0.25) is 0 Å². The number of aryl methyl sites for hydroxylation is 1. The Balaban J connectivity index is 2.34. The molecule has 0 aromatic carbocycles. The predicted octanol–water partition coefficient (Wildman–Crippen LogP) is 2.02. The lowest BCUT2D eigenvalue weighted by Crippen LogP contribution is -2.38. The van der Waals surface area contributed by atoms with Crippen LogP contribution in [0.1, 0.15) is 58.8 Å². The summed E-state index contributed by atoms with van der Waals surface area (Å²) in [6.07, 6.45) is 2.03. The predicted molar refractivity (Wildman–Crippen MR) is 81.2 cm³/mol. The van der Waals surface area contributed by atoms with Gasteiger partial charge in [-0.25, -0.2) is 0 Å². The van der Waals surface area contributed by atoms with Gasteiger partial charge in [-0.15, -0.1) is 0 Å². The van der Waals surface area contributed by atoms with Crippen LogP contribution in [0.2, 0.25) is 0 Å². The summed E-state index contributed by atoms with van der Waals surface area (Å²) in [5.74, 6) is -1.17. The molecule has 1 aromatic rings. The summed E-state index contributed by atoms with van der Waals surface area (Å²) in [7, 11) is 0. The molecule has 1 heterocycles. The molecule has 1 aliphatic rings. The van der Waals surface area contributed by atoms with E-state index in [2.05, 4.69) is 4.98 Å². The maximum atomic E-state index is 12.7. The number of carbonyl (C=O) groups is 3. The number of fused-ring (bicyclic) bond motifs is 1. The normalized spacial score (nSPS) is 14.1. The molecule has 2 rings (SSSR count). The Morgan fingerprint density at radius 3 is 2.55 bits per heavy atom. The molecule has 0 fully saturated rings. The van der Waals surface area contributed by atoms with E-state index >= 15 is 0 Å². The van der Waals surface area contributed by atoms with Gasteiger partial charge in [-0.1, -0.05) is 13.8 Å². The molecule has 1 aromatic heterocycles. The van der Waals surface area contributed by atoms with E-state index in [0.29, 0.717) is 29.8 Å². The number of aromatic nitrogens is 1. The molecule has 0 radical (unpaired) electrons. The number of hydrogen-bond acceptors (Lipinski definition) is 3. The Morgan fingerprint density at radius 2 is 2.00 bits per heavy atom. The highest BCUT2D eigenvalue weighted by Crippen LogP contribution is 2.27. The molecule has 120 valence electrons. The van der Waals surface area contributed by atoms with E-state index in [9.17, 15) is 14.4 Å². The van der Waals surface area contributed by atoms with E-state index in [1.54, 1.807) is 6.92 Å². The minimum Gasteiger partial charge on any atom is -0.480 e. The molecule has 0 unspecified atom stereocenters. The number of hydrogen-bond donors (Lipinski definition) is 2. The van der Waals surface area contributed by atoms with Gasteiger partial charge in [0.15, 0.2) is 5.78 Å². The topological polar surface area (TPSA) is 90.5 Å². The lowest BCUT2D eigenvalue weighted by Gasteiger charge is -2.22. The molecule has 6 nitrogen and oxygen atoms in total. The van der Waals surface area contributed by atoms with Crippen molar-refractivity contribution in [2.75, 3.05) is 13.1 Å². The monoisotopic (exact) mass is 306 g/mol. The Morgan fingerprint density at radius 1 is 1.32 bits per heavy atom. The second kappa shape index (κ2) is 6.34. The summed E-state index contributed by atoms with van der Waals surface area (Å²) < 4.78 is 0. The number of rotatable bonds is 5. The van der Waals surface area contributed by atoms with Gasteiger partial charge in [0.25, 0.3) is 5.91 Å². The highest BCUT2D eigenvalue weighted by Gasteiger charge is 2.29. The van der Waals surface area contributed by atoms with Crippen LogP contribution in [0.15, 0.2) is 0 Å². The van der Waals surface area contributed by atoms with Crippen molar-refractivity contribution >= 4 is 17.7 Å². The maximum absolute atomic E-state index is 12.7. The van der Waals surface area contributed by atoms with Crippen molar-refractivity contribution in [1.82, 2.24) is 9.88 Å². The first-order valence-corrected chi connectivity index (χ1v) is 7.57. The van der Waals surface area contributed by atoms with Gasteiger partial charge < -0.3 is 15.0 Å². The van der Waals surface area contributed by atoms with Gasteiger partial charge in [-0.2, -0.15) is 0 Å². The van der Waals surface area contributed by atoms with Gasteiger partial charge in [0, 0.05) is 24.2 Å². The van der Waals surface area contributed by atoms with E-state index < -0.39 is 5.97 Å². The number of aromatic amines is 1. The molecule has 0 bridgehead atoms. The van der Waals surface area contributed by atoms with Crippen molar-refractivity contribution in [3.8, 4) is 0 Å². The SMILES string of the molecule is Cc1c(C(=O)N(CC(=O)O)CC(C)C)[nH]c2c1C(=O)CCC2. The van der Waals surface area contributed by atoms with Crippen LogP contribution in [-0.2, 0) is 11.2 Å². The van der Waals surface area contributed by atoms with Crippen LogP contribution in [0.5, 0.6) is 0 Å². The third kappa shape index (κ3) is 3.21. The number of H-pyrrole nitrogens is 1. The van der Waals surface area contributed by atoms with Gasteiger partial charge in [-0.3, -0.25) is 14.4 Å². The summed E-state index contributed by atoms with van der Waals surface area (Å²) in [4.78, 5) is 40.1. The minimum atomic E-state index is -1.04. The number of amides is 1. The fourth-order valence-corrected chi connectivity index (χ4v) is 2.97. The first kappa shape index (κ1) is 16.3. The largest absolute Gasteiger partial charge is 0.480 e. The molecule has 22 heavy (non-hydrogen) atoms. The number of carboxylic acids is 1. The standard InChI is InChI=1S/C16H22N2O4/c1-9(2)7-18(8-13(20)21)16(22)15-10(3)14-11(17-15)5-4-6-12(14)19/h9,17H,4-8H2,1-3H3,(H,20,21). The number of Topliss-reactive ketones (excluding diaryl/α,β-unsaturated/α-hetero) is 1. The molecule has 1 aliphatic carbocycles. The van der Waals surface area contributed by atoms with Crippen LogP contribution < -0.4 is 0 Å². The molecule has 0 saturated carbocycles. The summed E-state index contributed by atoms with van der Waals surface area (Å²) >= 11 is 0. The Kier molecular flexibility index (Phi) is 4.68. The van der Waals surface area contributed by atoms with Crippen molar-refractivity contribution in [1.29, 1.82) is 0 Å². The summed E-state index contributed by atoms with van der Waals surface area (Å²) in [5.41, 5.74) is 2.41. The average molecular weight is 306 g/mol. The number of nitrogens with zero attached hydrogens (tertiary/aromatic N) is 1. The fourth-order valence-electron chi connectivity index (χ4n) is 2.97. The summed E-state index contributed by atoms with van der Waals surface area (Å²) in [5, 5.41) is 9.01. The lowest BCUT2D eigenvalue weighted by atomic mass is 9.93. The van der Waals surface area contributed by atoms with Gasteiger partial charge in [-0.05, 0) is 31.2 Å². The zero-order valence-electron chi connectivity index (χ0n) is 13.2. The van der Waals surface area contributed by atoms with Crippen molar-refractivity contribution in [3.05, 3.63) is 22.5 Å². The first-order chi connectivity index (χ1) is 10.3. The molecule has 0 atom stereocenters. The quantitative estimate of drug-likeness (QED) is 0.871. The summed E-state index contributed by atoms with van der Waals surface area (Å²) in [6, 6.07) is 0. The molecule has 2 N–H and O–H groups in total. The number of carbonyl (C=O) groups excluding carboxylic acids is 2. The molecule has 0 aliphatic heterocycles. The van der Waals surface area contributed by atoms with E-state index in [0.717, 1.165) is 18.5 Å². The van der Waals surface area contributed by atoms with Crippen LogP contribution >= 0.6 is 0 Å². The van der Waals surface area contributed by atoms with Crippen molar-refractivity contribution in [2.24, 2.45) is 5.92 Å². The molecule has 1 amide bonds. The Hall–Kier alpha value is -2.11. The van der Waals surface area contributed by atoms with Crippen molar-refractivity contribution in [2.45, 2.75) is 40.0 Å². The third-order valence-electron chi connectivity index (χ3n) is 3.85. The van der Waals surface area contributed by atoms with Crippen LogP contribution in [0.25, 0.3) is 0 Å². The van der Waals surface area contributed by atoms with Crippen LogP contribution in [0.3, 0.4) is 0 Å². The summed E-state index contributed by atoms with van der Waals surface area (Å²) in [6.45, 7) is 5.63. The van der Waals surface area contributed by atoms with Crippen LogP contribution in [0, 0.1) is 12.8 Å². The van der Waals surface area contributed by atoms with Gasteiger partial charge >= 0.3 is 5.97 Å². The molecular weight excluding hydrogens is 284 g/mol. The van der Waals surface area contributed by atoms with Crippen LogP contribution in [0.4, 0.5) is 0 Å². The maximum Gasteiger partial charge on any atom is 0.323 e. The lowest BCUT2D eigenvalue weighted by molar-refractivity contribution is -0.137. The molecule has 0 spiro atoms. The number of nitrogens with one attached hydrogen (secondary N) is 1. The van der Waals surface area contributed by atoms with Crippen molar-refractivity contribution < 1.29 is 19.5 Å². The number of carboxylic acid groups (broad SMARTS) is 1. The third-order valence-corrected chi connectivity index (χ3v) is 3.85. The van der Waals surface area contributed by atoms with Crippen LogP contribution in [-0.4, -0.2) is 45.7 Å². The second-order valence-corrected chi connectivity index (χ2v) is 6.23. The van der Waals surface area contributed by atoms with Gasteiger partial charge in [0.1, 0.15) is 12.2 Å². The number of ketones is 1. The average Bonchev–Trinajstić information content (AvgIpc) is 2.75. The smallest absolute Gasteiger partial charge is 0.323 e. The highest BCUT2D eigenvalue weighted by molar-refractivity contribution is 6.04. The molecular formula is C16H22N2O4. The molecule has 0 saturated heterocycles. The van der Waals surface area contributed by atoms with E-state index in [1.165, 1.54) is 4.90 Å². The first-order valence-electron chi connectivity index (χ1n) is 7.57. The van der Waals surface area contributed by atoms with E-state index in [4.69, 9.17) is 5.11 Å². The second-order valence-electron chi connectivity index (χ2n) is 6.23. The number of aliphatic carboxylic acids is 1. The zero-order valence-corrected chi connectivity index (χ0v) is 13.2. The fraction of sp³-hybridized carbons (Fsp3) is 0.562. The van der Waals surface area contributed by atoms with E-state index in [-0.39, 0.29) is 24.2 Å². The minimum absolute atomic E-state index is 0.0581. The highest BCUT2D eigenvalue weighted by atomic mass is 16.4.